The first kappa shape index (κ1) is 18.7. The monoisotopic (exact) mass is 342 g/mol. The molecule has 0 spiro atoms. The first-order valence-corrected chi connectivity index (χ1v) is 8.30. The van der Waals surface area contributed by atoms with Crippen molar-refractivity contribution in [2.75, 3.05) is 44.9 Å². The number of aryl methyl sites for hydroxylation is 1. The maximum Gasteiger partial charge on any atom is 0.274 e. The summed E-state index contributed by atoms with van der Waals surface area (Å²) in [6.07, 6.45) is 2.72. The van der Waals surface area contributed by atoms with Gasteiger partial charge < -0.3 is 20.3 Å². The van der Waals surface area contributed by atoms with E-state index in [1.54, 1.807) is 19.4 Å². The Hall–Kier alpha value is -2.60. The van der Waals surface area contributed by atoms with Crippen LogP contribution in [0.25, 0.3) is 0 Å². The van der Waals surface area contributed by atoms with E-state index in [1.807, 2.05) is 31.2 Å². The molecular weight excluding hydrogens is 316 g/mol. The Kier molecular flexibility index (Phi) is 6.77. The van der Waals surface area contributed by atoms with E-state index >= 15 is 0 Å². The first-order valence-electron chi connectivity index (χ1n) is 8.30. The molecule has 0 radical (unpaired) electrons. The van der Waals surface area contributed by atoms with Gasteiger partial charge in [-0.2, -0.15) is 0 Å². The number of anilines is 2. The van der Waals surface area contributed by atoms with Crippen LogP contribution in [0.15, 0.2) is 36.5 Å². The normalized spacial score (nSPS) is 10.6. The molecule has 2 aromatic rings. The van der Waals surface area contributed by atoms with Gasteiger partial charge in [0.15, 0.2) is 0 Å². The van der Waals surface area contributed by atoms with Crippen molar-refractivity contribution in [3.05, 3.63) is 47.8 Å². The summed E-state index contributed by atoms with van der Waals surface area (Å²) in [4.78, 5) is 18.8. The van der Waals surface area contributed by atoms with E-state index in [0.717, 1.165) is 30.8 Å². The molecule has 0 aliphatic carbocycles. The summed E-state index contributed by atoms with van der Waals surface area (Å²) in [7, 11) is 5.69. The Labute approximate surface area is 149 Å². The van der Waals surface area contributed by atoms with Gasteiger partial charge in [0.1, 0.15) is 11.4 Å². The number of benzene rings is 1. The van der Waals surface area contributed by atoms with Gasteiger partial charge in [0.25, 0.3) is 5.91 Å². The smallest absolute Gasteiger partial charge is 0.274 e. The molecule has 0 aliphatic heterocycles. The second-order valence-electron chi connectivity index (χ2n) is 6.17. The maximum atomic E-state index is 12.4. The highest BCUT2D eigenvalue weighted by Gasteiger charge is 2.11. The van der Waals surface area contributed by atoms with Gasteiger partial charge in [0, 0.05) is 6.54 Å². The predicted octanol–water partition coefficient (Wildman–Crippen LogP) is 3.01. The van der Waals surface area contributed by atoms with Crippen LogP contribution in [0.3, 0.4) is 0 Å². The van der Waals surface area contributed by atoms with Crippen LogP contribution in [0.2, 0.25) is 0 Å². The number of carbonyl (C=O) groups is 1. The van der Waals surface area contributed by atoms with Crippen LogP contribution in [-0.4, -0.2) is 50.1 Å². The quantitative estimate of drug-likeness (QED) is 0.722. The third-order valence-corrected chi connectivity index (χ3v) is 3.71. The molecule has 0 unspecified atom stereocenters. The molecule has 0 saturated heterocycles. The maximum absolute atomic E-state index is 12.4. The van der Waals surface area contributed by atoms with Gasteiger partial charge in [-0.15, -0.1) is 0 Å². The number of pyridine rings is 1. The second kappa shape index (κ2) is 9.03. The standard InChI is InChI=1S/C19H26N4O2/c1-14-6-9-18(25-4)17(12-14)22-19(24)16-8-7-15(13-21-16)20-10-5-11-23(2)3/h6-9,12-13,20H,5,10-11H2,1-4H3,(H,22,24). The fourth-order valence-corrected chi connectivity index (χ4v) is 2.37. The van der Waals surface area contributed by atoms with Crippen LogP contribution in [0.5, 0.6) is 5.75 Å². The fraction of sp³-hybridized carbons (Fsp3) is 0.368. The number of hydrogen-bond donors (Lipinski definition) is 2. The zero-order chi connectivity index (χ0) is 18.2. The van der Waals surface area contributed by atoms with Crippen molar-refractivity contribution in [3.8, 4) is 5.75 Å². The molecule has 6 heteroatoms. The van der Waals surface area contributed by atoms with Gasteiger partial charge in [-0.1, -0.05) is 6.07 Å². The molecule has 0 fully saturated rings. The number of carbonyl (C=O) groups excluding carboxylic acids is 1. The largest absolute Gasteiger partial charge is 0.495 e. The van der Waals surface area contributed by atoms with Crippen LogP contribution < -0.4 is 15.4 Å². The molecule has 0 saturated carbocycles. The van der Waals surface area contributed by atoms with Crippen LogP contribution in [0.4, 0.5) is 11.4 Å². The minimum atomic E-state index is -0.261. The molecule has 1 heterocycles. The Bertz CT molecular complexity index is 699. The molecule has 0 bridgehead atoms. The number of amides is 1. The van der Waals surface area contributed by atoms with E-state index < -0.39 is 0 Å². The van der Waals surface area contributed by atoms with Crippen molar-refractivity contribution in [1.29, 1.82) is 0 Å². The minimum absolute atomic E-state index is 0.261. The van der Waals surface area contributed by atoms with E-state index in [1.165, 1.54) is 0 Å². The Morgan fingerprint density at radius 2 is 2.04 bits per heavy atom. The molecule has 134 valence electrons. The topological polar surface area (TPSA) is 66.5 Å². The second-order valence-corrected chi connectivity index (χ2v) is 6.17. The number of ether oxygens (including phenoxy) is 1. The number of methoxy groups -OCH3 is 1. The Morgan fingerprint density at radius 1 is 1.24 bits per heavy atom. The minimum Gasteiger partial charge on any atom is -0.495 e. The van der Waals surface area contributed by atoms with Gasteiger partial charge in [0.2, 0.25) is 0 Å². The van der Waals surface area contributed by atoms with E-state index in [-0.39, 0.29) is 5.91 Å². The molecule has 6 nitrogen and oxygen atoms in total. The van der Waals surface area contributed by atoms with Crippen LogP contribution in [0.1, 0.15) is 22.5 Å². The molecule has 25 heavy (non-hydrogen) atoms. The number of rotatable bonds is 8. The summed E-state index contributed by atoms with van der Waals surface area (Å²) in [5.74, 6) is 0.362. The lowest BCUT2D eigenvalue weighted by atomic mass is 10.2. The third-order valence-electron chi connectivity index (χ3n) is 3.71. The van der Waals surface area contributed by atoms with Crippen LogP contribution >= 0.6 is 0 Å². The lowest BCUT2D eigenvalue weighted by molar-refractivity contribution is 0.102. The molecule has 1 aromatic carbocycles. The van der Waals surface area contributed by atoms with Crippen molar-refractivity contribution in [1.82, 2.24) is 9.88 Å². The molecule has 1 amide bonds. The average Bonchev–Trinajstić information content (AvgIpc) is 2.59. The Balaban J connectivity index is 1.95. The highest BCUT2D eigenvalue weighted by molar-refractivity contribution is 6.03. The summed E-state index contributed by atoms with van der Waals surface area (Å²) in [5.41, 5.74) is 2.95. The van der Waals surface area contributed by atoms with Gasteiger partial charge in [-0.25, -0.2) is 4.98 Å². The lowest BCUT2D eigenvalue weighted by Gasteiger charge is -2.12. The number of nitrogens with zero attached hydrogens (tertiary/aromatic N) is 2. The fourth-order valence-electron chi connectivity index (χ4n) is 2.37. The molecule has 2 rings (SSSR count). The predicted molar refractivity (Wildman–Crippen MR) is 102 cm³/mol. The first-order chi connectivity index (χ1) is 12.0. The molecule has 2 N–H and O–H groups in total. The number of aromatic nitrogens is 1. The van der Waals surface area contributed by atoms with Crippen LogP contribution in [-0.2, 0) is 0 Å². The van der Waals surface area contributed by atoms with Crippen molar-refractivity contribution in [3.63, 3.8) is 0 Å². The van der Waals surface area contributed by atoms with E-state index in [4.69, 9.17) is 4.74 Å². The van der Waals surface area contributed by atoms with Gasteiger partial charge in [-0.3, -0.25) is 4.79 Å². The third kappa shape index (κ3) is 5.76. The summed E-state index contributed by atoms with van der Waals surface area (Å²) >= 11 is 0. The summed E-state index contributed by atoms with van der Waals surface area (Å²) in [6, 6.07) is 9.22. The summed E-state index contributed by atoms with van der Waals surface area (Å²) < 4.78 is 5.28. The SMILES string of the molecule is COc1ccc(C)cc1NC(=O)c1ccc(NCCCN(C)C)cn1. The summed E-state index contributed by atoms with van der Waals surface area (Å²) in [6.45, 7) is 3.86. The molecular formula is C19H26N4O2. The van der Waals surface area contributed by atoms with E-state index in [9.17, 15) is 4.79 Å². The van der Waals surface area contributed by atoms with Gasteiger partial charge >= 0.3 is 0 Å². The van der Waals surface area contributed by atoms with Crippen molar-refractivity contribution < 1.29 is 9.53 Å². The van der Waals surface area contributed by atoms with Gasteiger partial charge in [0.05, 0.1) is 24.7 Å². The van der Waals surface area contributed by atoms with Crippen molar-refractivity contribution in [2.24, 2.45) is 0 Å². The molecule has 0 atom stereocenters. The van der Waals surface area contributed by atoms with Gasteiger partial charge in [-0.05, 0) is 63.8 Å². The van der Waals surface area contributed by atoms with Crippen molar-refractivity contribution in [2.45, 2.75) is 13.3 Å². The van der Waals surface area contributed by atoms with E-state index in [0.29, 0.717) is 17.1 Å². The zero-order valence-electron chi connectivity index (χ0n) is 15.3. The zero-order valence-corrected chi connectivity index (χ0v) is 15.3. The summed E-state index contributed by atoms with van der Waals surface area (Å²) in [5, 5.41) is 6.15. The highest BCUT2D eigenvalue weighted by Crippen LogP contribution is 2.25. The lowest BCUT2D eigenvalue weighted by Crippen LogP contribution is -2.17. The molecule has 1 aromatic heterocycles. The van der Waals surface area contributed by atoms with Crippen LogP contribution in [0, 0.1) is 6.92 Å². The van der Waals surface area contributed by atoms with E-state index in [2.05, 4.69) is 34.6 Å². The molecule has 0 aliphatic rings. The Morgan fingerprint density at radius 3 is 2.68 bits per heavy atom. The average molecular weight is 342 g/mol. The number of hydrogen-bond acceptors (Lipinski definition) is 5. The van der Waals surface area contributed by atoms with Crippen molar-refractivity contribution >= 4 is 17.3 Å². The highest BCUT2D eigenvalue weighted by atomic mass is 16.5. The number of nitrogens with one attached hydrogen (secondary N) is 2.